The highest BCUT2D eigenvalue weighted by atomic mass is 32.2. The molecule has 108 valence electrons. The van der Waals surface area contributed by atoms with Gasteiger partial charge in [-0.15, -0.1) is 0 Å². The first-order valence-electron chi connectivity index (χ1n) is 6.30. The van der Waals surface area contributed by atoms with Gasteiger partial charge in [-0.1, -0.05) is 29.8 Å². The van der Waals surface area contributed by atoms with E-state index in [9.17, 15) is 8.42 Å². The SMILES string of the molecule is CNS(=O)(=O)c1ccc(CNCc2ccc(C)cc2)o1. The van der Waals surface area contributed by atoms with Gasteiger partial charge in [-0.2, -0.15) is 0 Å². The third-order valence-electron chi connectivity index (χ3n) is 2.92. The van der Waals surface area contributed by atoms with E-state index in [0.717, 1.165) is 0 Å². The van der Waals surface area contributed by atoms with Crippen molar-refractivity contribution in [3.63, 3.8) is 0 Å². The Labute approximate surface area is 119 Å². The molecular weight excluding hydrogens is 276 g/mol. The van der Waals surface area contributed by atoms with Crippen LogP contribution in [0.1, 0.15) is 16.9 Å². The Morgan fingerprint density at radius 2 is 1.75 bits per heavy atom. The van der Waals surface area contributed by atoms with Crippen LogP contribution in [0.5, 0.6) is 0 Å². The lowest BCUT2D eigenvalue weighted by Gasteiger charge is -2.03. The molecule has 0 aliphatic rings. The van der Waals surface area contributed by atoms with Gasteiger partial charge in [0.25, 0.3) is 10.0 Å². The molecule has 0 atom stereocenters. The summed E-state index contributed by atoms with van der Waals surface area (Å²) in [6.45, 7) is 3.23. The molecule has 0 aliphatic heterocycles. The minimum absolute atomic E-state index is 0.0628. The Bertz CT molecular complexity index is 660. The molecule has 1 aromatic carbocycles. The van der Waals surface area contributed by atoms with Gasteiger partial charge < -0.3 is 9.73 Å². The maximum atomic E-state index is 11.5. The average molecular weight is 294 g/mol. The van der Waals surface area contributed by atoms with Crippen LogP contribution in [-0.4, -0.2) is 15.5 Å². The largest absolute Gasteiger partial charge is 0.447 e. The molecule has 0 saturated heterocycles. The monoisotopic (exact) mass is 294 g/mol. The van der Waals surface area contributed by atoms with E-state index in [1.165, 1.54) is 24.2 Å². The van der Waals surface area contributed by atoms with Crippen LogP contribution in [0.15, 0.2) is 45.9 Å². The Morgan fingerprint density at radius 1 is 1.05 bits per heavy atom. The van der Waals surface area contributed by atoms with Crippen LogP contribution in [0.3, 0.4) is 0 Å². The number of rotatable bonds is 6. The van der Waals surface area contributed by atoms with Gasteiger partial charge >= 0.3 is 0 Å². The summed E-state index contributed by atoms with van der Waals surface area (Å²) >= 11 is 0. The predicted octanol–water partition coefficient (Wildman–Crippen LogP) is 1.79. The van der Waals surface area contributed by atoms with Gasteiger partial charge in [0.15, 0.2) is 0 Å². The molecule has 0 saturated carbocycles. The number of benzene rings is 1. The van der Waals surface area contributed by atoms with Crippen LogP contribution in [0.4, 0.5) is 0 Å². The standard InChI is InChI=1S/C14H18N2O3S/c1-11-3-5-12(6-4-11)9-16-10-13-7-8-14(19-13)20(17,18)15-2/h3-8,15-16H,9-10H2,1-2H3. The quantitative estimate of drug-likeness (QED) is 0.852. The van der Waals surface area contributed by atoms with Gasteiger partial charge in [0.2, 0.25) is 5.09 Å². The normalized spacial score (nSPS) is 11.7. The summed E-state index contributed by atoms with van der Waals surface area (Å²) < 4.78 is 30.5. The Hall–Kier alpha value is -1.63. The fourth-order valence-electron chi connectivity index (χ4n) is 1.73. The van der Waals surface area contributed by atoms with Crippen LogP contribution in [0, 0.1) is 6.92 Å². The first-order valence-corrected chi connectivity index (χ1v) is 7.78. The highest BCUT2D eigenvalue weighted by Gasteiger charge is 2.15. The van der Waals surface area contributed by atoms with Crippen LogP contribution in [0.2, 0.25) is 0 Å². The van der Waals surface area contributed by atoms with E-state index in [1.807, 2.05) is 6.92 Å². The van der Waals surface area contributed by atoms with Crippen molar-refractivity contribution >= 4 is 10.0 Å². The van der Waals surface area contributed by atoms with Crippen molar-refractivity contribution < 1.29 is 12.8 Å². The zero-order valence-corrected chi connectivity index (χ0v) is 12.3. The molecule has 0 radical (unpaired) electrons. The average Bonchev–Trinajstić information content (AvgIpc) is 2.91. The molecule has 0 amide bonds. The molecule has 0 spiro atoms. The molecule has 2 N–H and O–H groups in total. The Morgan fingerprint density at radius 3 is 2.40 bits per heavy atom. The van der Waals surface area contributed by atoms with E-state index < -0.39 is 10.0 Å². The summed E-state index contributed by atoms with van der Waals surface area (Å²) in [6, 6.07) is 11.3. The maximum Gasteiger partial charge on any atom is 0.273 e. The molecule has 0 bridgehead atoms. The van der Waals surface area contributed by atoms with Gasteiger partial charge in [-0.25, -0.2) is 13.1 Å². The topological polar surface area (TPSA) is 71.3 Å². The molecule has 1 aromatic heterocycles. The Balaban J connectivity index is 1.90. The number of furan rings is 1. The number of hydrogen-bond donors (Lipinski definition) is 2. The van der Waals surface area contributed by atoms with Crippen molar-refractivity contribution in [3.8, 4) is 0 Å². The van der Waals surface area contributed by atoms with E-state index >= 15 is 0 Å². The molecule has 1 heterocycles. The molecule has 0 unspecified atom stereocenters. The van der Waals surface area contributed by atoms with Crippen molar-refractivity contribution in [1.82, 2.24) is 10.0 Å². The molecule has 20 heavy (non-hydrogen) atoms. The third-order valence-corrected chi connectivity index (χ3v) is 4.21. The lowest BCUT2D eigenvalue weighted by atomic mass is 10.1. The fraction of sp³-hybridized carbons (Fsp3) is 0.286. The molecular formula is C14H18N2O3S. The first-order chi connectivity index (χ1) is 9.51. The minimum Gasteiger partial charge on any atom is -0.447 e. The van der Waals surface area contributed by atoms with Gasteiger partial charge in [0.05, 0.1) is 6.54 Å². The van der Waals surface area contributed by atoms with E-state index in [-0.39, 0.29) is 5.09 Å². The van der Waals surface area contributed by atoms with Crippen molar-refractivity contribution in [2.45, 2.75) is 25.1 Å². The van der Waals surface area contributed by atoms with E-state index in [1.54, 1.807) is 6.07 Å². The number of aryl methyl sites for hydroxylation is 1. The molecule has 6 heteroatoms. The second kappa shape index (κ2) is 6.21. The first kappa shape index (κ1) is 14.8. The summed E-state index contributed by atoms with van der Waals surface area (Å²) in [4.78, 5) is 0. The number of nitrogens with one attached hydrogen (secondary N) is 2. The van der Waals surface area contributed by atoms with Crippen LogP contribution in [-0.2, 0) is 23.1 Å². The van der Waals surface area contributed by atoms with E-state index in [2.05, 4.69) is 34.3 Å². The summed E-state index contributed by atoms with van der Waals surface area (Å²) in [5.41, 5.74) is 2.40. The summed E-state index contributed by atoms with van der Waals surface area (Å²) in [5.74, 6) is 0.589. The van der Waals surface area contributed by atoms with E-state index in [0.29, 0.717) is 18.8 Å². The molecule has 0 fully saturated rings. The van der Waals surface area contributed by atoms with Crippen molar-refractivity contribution in [2.75, 3.05) is 7.05 Å². The predicted molar refractivity (Wildman–Crippen MR) is 76.7 cm³/mol. The molecule has 5 nitrogen and oxygen atoms in total. The van der Waals surface area contributed by atoms with Crippen LogP contribution >= 0.6 is 0 Å². The number of sulfonamides is 1. The summed E-state index contributed by atoms with van der Waals surface area (Å²) in [5, 5.41) is 3.15. The maximum absolute atomic E-state index is 11.5. The lowest BCUT2D eigenvalue weighted by molar-refractivity contribution is 0.400. The Kier molecular flexibility index (Phi) is 4.59. The van der Waals surface area contributed by atoms with Gasteiger partial charge in [0.1, 0.15) is 5.76 Å². The van der Waals surface area contributed by atoms with Gasteiger partial charge in [-0.3, -0.25) is 0 Å². The van der Waals surface area contributed by atoms with Crippen LogP contribution in [0.25, 0.3) is 0 Å². The second-order valence-electron chi connectivity index (χ2n) is 4.52. The van der Waals surface area contributed by atoms with Crippen molar-refractivity contribution in [3.05, 3.63) is 53.3 Å². The zero-order valence-electron chi connectivity index (χ0n) is 11.5. The smallest absolute Gasteiger partial charge is 0.273 e. The van der Waals surface area contributed by atoms with E-state index in [4.69, 9.17) is 4.42 Å². The minimum atomic E-state index is -3.50. The van der Waals surface area contributed by atoms with Crippen LogP contribution < -0.4 is 10.0 Å². The molecule has 0 aliphatic carbocycles. The summed E-state index contributed by atoms with van der Waals surface area (Å²) in [6.07, 6.45) is 0. The van der Waals surface area contributed by atoms with Crippen molar-refractivity contribution in [1.29, 1.82) is 0 Å². The lowest BCUT2D eigenvalue weighted by Crippen LogP contribution is -2.17. The van der Waals surface area contributed by atoms with Gasteiger partial charge in [-0.05, 0) is 31.7 Å². The highest BCUT2D eigenvalue weighted by molar-refractivity contribution is 7.89. The fourth-order valence-corrected chi connectivity index (χ4v) is 2.40. The highest BCUT2D eigenvalue weighted by Crippen LogP contribution is 2.13. The van der Waals surface area contributed by atoms with Crippen molar-refractivity contribution in [2.24, 2.45) is 0 Å². The summed E-state index contributed by atoms with van der Waals surface area (Å²) in [7, 11) is -2.15. The third kappa shape index (κ3) is 3.69. The zero-order chi connectivity index (χ0) is 14.6. The molecule has 2 aromatic rings. The second-order valence-corrected chi connectivity index (χ2v) is 6.33. The molecule has 2 rings (SSSR count). The van der Waals surface area contributed by atoms with Gasteiger partial charge in [0, 0.05) is 6.54 Å². The number of hydrogen-bond acceptors (Lipinski definition) is 4.